The van der Waals surface area contributed by atoms with Crippen molar-refractivity contribution < 1.29 is 23.0 Å². The van der Waals surface area contributed by atoms with Gasteiger partial charge in [-0.3, -0.25) is 14.6 Å². The molecule has 0 unspecified atom stereocenters. The number of amides is 1. The number of aromatic nitrogens is 2. The second-order valence-corrected chi connectivity index (χ2v) is 7.62. The van der Waals surface area contributed by atoms with Crippen LogP contribution in [0.4, 0.5) is 14.5 Å². The van der Waals surface area contributed by atoms with E-state index in [1.54, 1.807) is 30.5 Å². The van der Waals surface area contributed by atoms with Gasteiger partial charge in [-0.15, -0.1) is 8.78 Å². The van der Waals surface area contributed by atoms with E-state index < -0.39 is 24.3 Å². The third-order valence-corrected chi connectivity index (χ3v) is 5.46. The van der Waals surface area contributed by atoms with Gasteiger partial charge in [0.15, 0.2) is 11.5 Å². The molecule has 0 spiro atoms. The molecule has 2 aliphatic rings. The molecule has 0 N–H and O–H groups in total. The molecule has 0 saturated heterocycles. The minimum atomic E-state index is -3.77. The van der Waals surface area contributed by atoms with Gasteiger partial charge in [-0.05, 0) is 24.3 Å². The van der Waals surface area contributed by atoms with E-state index in [-0.39, 0.29) is 23.7 Å². The van der Waals surface area contributed by atoms with Crippen molar-refractivity contribution in [2.24, 2.45) is 4.99 Å². The lowest BCUT2D eigenvalue weighted by atomic mass is 10.0. The SMILES string of the molecule is CN(C(=O)Cn1nc(-c2cccc(C#N)c2)c2c(c1=O)CN=C2)c1ccc2c(c1)OC(F)(F)O2. The minimum absolute atomic E-state index is 0.143. The van der Waals surface area contributed by atoms with Crippen LogP contribution in [0.25, 0.3) is 11.3 Å². The van der Waals surface area contributed by atoms with Crippen LogP contribution in [-0.4, -0.2) is 35.2 Å². The number of alkyl halides is 2. The first-order valence-corrected chi connectivity index (χ1v) is 10.1. The van der Waals surface area contributed by atoms with E-state index in [4.69, 9.17) is 0 Å². The van der Waals surface area contributed by atoms with Crippen molar-refractivity contribution in [3.8, 4) is 28.8 Å². The van der Waals surface area contributed by atoms with Gasteiger partial charge in [-0.1, -0.05) is 12.1 Å². The Hall–Kier alpha value is -4.59. The number of carbonyl (C=O) groups excluding carboxylic acids is 1. The highest BCUT2D eigenvalue weighted by molar-refractivity contribution is 5.94. The summed E-state index contributed by atoms with van der Waals surface area (Å²) in [6.07, 6.45) is -2.22. The van der Waals surface area contributed by atoms with Gasteiger partial charge < -0.3 is 14.4 Å². The standard InChI is InChI=1S/C23H15F2N5O4/c1-29(15-5-6-18-19(8-15)34-23(24,25)33-18)20(31)12-30-22(32)17-11-27-10-16(17)21(28-30)14-4-2-3-13(7-14)9-26/h2-8,10H,11-12H2,1H3. The van der Waals surface area contributed by atoms with E-state index in [0.29, 0.717) is 27.9 Å². The largest absolute Gasteiger partial charge is 0.586 e. The number of anilines is 1. The lowest BCUT2D eigenvalue weighted by molar-refractivity contribution is -0.286. The Kier molecular flexibility index (Phi) is 4.86. The normalized spacial score (nSPS) is 14.5. The summed E-state index contributed by atoms with van der Waals surface area (Å²) in [5.74, 6) is -0.863. The predicted octanol–water partition coefficient (Wildman–Crippen LogP) is 2.70. The number of hydrogen-bond acceptors (Lipinski definition) is 7. The molecule has 2 aromatic carbocycles. The first-order valence-electron chi connectivity index (χ1n) is 10.1. The topological polar surface area (TPSA) is 110 Å². The molecule has 1 amide bonds. The van der Waals surface area contributed by atoms with Crippen LogP contribution < -0.4 is 19.9 Å². The van der Waals surface area contributed by atoms with Gasteiger partial charge in [0.2, 0.25) is 5.91 Å². The fourth-order valence-electron chi connectivity index (χ4n) is 3.73. The van der Waals surface area contributed by atoms with Gasteiger partial charge in [0.1, 0.15) is 12.2 Å². The van der Waals surface area contributed by atoms with Gasteiger partial charge in [-0.25, -0.2) is 4.68 Å². The van der Waals surface area contributed by atoms with Crippen LogP contribution >= 0.6 is 0 Å². The number of rotatable bonds is 4. The van der Waals surface area contributed by atoms with E-state index in [1.807, 2.05) is 0 Å². The minimum Gasteiger partial charge on any atom is -0.395 e. The summed E-state index contributed by atoms with van der Waals surface area (Å²) in [7, 11) is 1.44. The molecule has 2 aliphatic heterocycles. The Labute approximate surface area is 191 Å². The van der Waals surface area contributed by atoms with Crippen LogP contribution in [-0.2, 0) is 17.9 Å². The number of aliphatic imine (C=N–C) groups is 1. The average molecular weight is 463 g/mol. The monoisotopic (exact) mass is 463 g/mol. The highest BCUT2D eigenvalue weighted by Gasteiger charge is 2.43. The summed E-state index contributed by atoms with van der Waals surface area (Å²) in [4.78, 5) is 31.3. The number of nitrogens with zero attached hydrogens (tertiary/aromatic N) is 5. The summed E-state index contributed by atoms with van der Waals surface area (Å²) < 4.78 is 36.4. The van der Waals surface area contributed by atoms with E-state index >= 15 is 0 Å². The number of halogens is 2. The molecule has 3 aromatic rings. The Morgan fingerprint density at radius 2 is 2.03 bits per heavy atom. The average Bonchev–Trinajstić information content (AvgIpc) is 3.43. The molecular weight excluding hydrogens is 448 g/mol. The van der Waals surface area contributed by atoms with Gasteiger partial charge in [-0.2, -0.15) is 10.4 Å². The summed E-state index contributed by atoms with van der Waals surface area (Å²) in [5, 5.41) is 13.6. The van der Waals surface area contributed by atoms with E-state index in [9.17, 15) is 23.6 Å². The number of nitriles is 1. The number of hydrogen-bond donors (Lipinski definition) is 0. The molecule has 0 bridgehead atoms. The maximum absolute atomic E-state index is 13.3. The fourth-order valence-corrected chi connectivity index (χ4v) is 3.73. The zero-order valence-corrected chi connectivity index (χ0v) is 17.7. The molecule has 0 aliphatic carbocycles. The van der Waals surface area contributed by atoms with Gasteiger partial charge in [0.25, 0.3) is 5.56 Å². The summed E-state index contributed by atoms with van der Waals surface area (Å²) >= 11 is 0. The third kappa shape index (κ3) is 3.65. The Bertz CT molecular complexity index is 1480. The van der Waals surface area contributed by atoms with Crippen LogP contribution in [0.1, 0.15) is 16.7 Å². The Balaban J connectivity index is 1.47. The van der Waals surface area contributed by atoms with Crippen molar-refractivity contribution in [1.29, 1.82) is 5.26 Å². The van der Waals surface area contributed by atoms with Crippen molar-refractivity contribution in [1.82, 2.24) is 9.78 Å². The fraction of sp³-hybridized carbons (Fsp3) is 0.174. The summed E-state index contributed by atoms with van der Waals surface area (Å²) in [6.45, 7) is -0.250. The lowest BCUT2D eigenvalue weighted by Gasteiger charge is -2.19. The number of benzene rings is 2. The van der Waals surface area contributed by atoms with Gasteiger partial charge in [0, 0.05) is 36.1 Å². The second kappa shape index (κ2) is 7.77. The van der Waals surface area contributed by atoms with Crippen molar-refractivity contribution in [2.45, 2.75) is 19.4 Å². The molecule has 0 radical (unpaired) electrons. The van der Waals surface area contributed by atoms with Crippen LogP contribution in [0.5, 0.6) is 11.5 Å². The summed E-state index contributed by atoms with van der Waals surface area (Å²) in [5.41, 5.74) is 2.21. The van der Waals surface area contributed by atoms with Crippen molar-refractivity contribution >= 4 is 17.8 Å². The summed E-state index contributed by atoms with van der Waals surface area (Å²) in [6, 6.07) is 12.7. The predicted molar refractivity (Wildman–Crippen MR) is 116 cm³/mol. The van der Waals surface area contributed by atoms with Gasteiger partial charge in [0.05, 0.1) is 23.7 Å². The maximum Gasteiger partial charge on any atom is 0.586 e. The molecule has 9 nitrogen and oxygen atoms in total. The first-order chi connectivity index (χ1) is 16.3. The lowest BCUT2D eigenvalue weighted by Crippen LogP contribution is -2.36. The van der Waals surface area contributed by atoms with Crippen LogP contribution in [0.3, 0.4) is 0 Å². The van der Waals surface area contributed by atoms with Crippen LogP contribution in [0.15, 0.2) is 52.3 Å². The molecular formula is C23H15F2N5O4. The molecule has 0 fully saturated rings. The molecule has 0 atom stereocenters. The van der Waals surface area contributed by atoms with Gasteiger partial charge >= 0.3 is 6.29 Å². The molecule has 5 rings (SSSR count). The number of fused-ring (bicyclic) bond motifs is 2. The highest BCUT2D eigenvalue weighted by Crippen LogP contribution is 2.42. The zero-order chi connectivity index (χ0) is 24.0. The molecule has 3 heterocycles. The Morgan fingerprint density at radius 3 is 2.82 bits per heavy atom. The van der Waals surface area contributed by atoms with Crippen molar-refractivity contribution in [3.05, 3.63) is 69.5 Å². The van der Waals surface area contributed by atoms with E-state index in [0.717, 1.165) is 4.68 Å². The second-order valence-electron chi connectivity index (χ2n) is 7.62. The first kappa shape index (κ1) is 21.3. The third-order valence-electron chi connectivity index (χ3n) is 5.46. The quantitative estimate of drug-likeness (QED) is 0.589. The molecule has 170 valence electrons. The van der Waals surface area contributed by atoms with E-state index in [2.05, 4.69) is 25.6 Å². The van der Waals surface area contributed by atoms with E-state index in [1.165, 1.54) is 30.1 Å². The molecule has 1 aromatic heterocycles. The molecule has 34 heavy (non-hydrogen) atoms. The van der Waals surface area contributed by atoms with Crippen LogP contribution in [0.2, 0.25) is 0 Å². The maximum atomic E-state index is 13.3. The van der Waals surface area contributed by atoms with Crippen molar-refractivity contribution in [2.75, 3.05) is 11.9 Å². The smallest absolute Gasteiger partial charge is 0.395 e. The molecule has 11 heteroatoms. The molecule has 0 saturated carbocycles. The number of ether oxygens (including phenoxy) is 2. The zero-order valence-electron chi connectivity index (χ0n) is 17.7. The Morgan fingerprint density at radius 1 is 1.24 bits per heavy atom. The number of carbonyl (C=O) groups is 1. The highest BCUT2D eigenvalue weighted by atomic mass is 19.3. The van der Waals surface area contributed by atoms with Crippen LogP contribution in [0, 0.1) is 11.3 Å². The van der Waals surface area contributed by atoms with Crippen molar-refractivity contribution in [3.63, 3.8) is 0 Å². The number of likely N-dealkylation sites (N-methyl/N-ethyl adjacent to an activating group) is 1.